The highest BCUT2D eigenvalue weighted by Gasteiger charge is 2.44. The Morgan fingerprint density at radius 2 is 2.08 bits per heavy atom. The molecule has 0 amide bonds. The first-order valence-electron chi connectivity index (χ1n) is 8.40. The average molecular weight is 340 g/mol. The van der Waals surface area contributed by atoms with E-state index in [4.69, 9.17) is 17.3 Å². The zero-order valence-electron chi connectivity index (χ0n) is 14.5. The van der Waals surface area contributed by atoms with Gasteiger partial charge in [-0.15, -0.1) is 0 Å². The third-order valence-electron chi connectivity index (χ3n) is 4.73. The molecule has 24 heavy (non-hydrogen) atoms. The van der Waals surface area contributed by atoms with E-state index in [0.29, 0.717) is 0 Å². The number of hydrogen-bond acceptors (Lipinski definition) is 4. The second kappa shape index (κ2) is 6.85. The molecular weight excluding hydrogens is 316 g/mol. The number of hydrogen-bond donors (Lipinski definition) is 1. The van der Waals surface area contributed by atoms with Crippen LogP contribution >= 0.6 is 12.2 Å². The van der Waals surface area contributed by atoms with Crippen molar-refractivity contribution >= 4 is 33.8 Å². The Hall–Kier alpha value is -2.01. The fourth-order valence-corrected chi connectivity index (χ4v) is 3.96. The van der Waals surface area contributed by atoms with E-state index in [1.54, 1.807) is 0 Å². The van der Waals surface area contributed by atoms with E-state index in [1.807, 2.05) is 50.5 Å². The molecule has 1 saturated carbocycles. The van der Waals surface area contributed by atoms with Crippen molar-refractivity contribution in [3.63, 3.8) is 0 Å². The van der Waals surface area contributed by atoms with Crippen molar-refractivity contribution in [2.45, 2.75) is 31.1 Å². The molecule has 4 nitrogen and oxygen atoms in total. The molecule has 0 saturated heterocycles. The van der Waals surface area contributed by atoms with Crippen LogP contribution in [0.4, 0.5) is 0 Å². The Morgan fingerprint density at radius 3 is 2.83 bits per heavy atom. The molecule has 0 radical (unpaired) electrons. The molecule has 1 aliphatic rings. The molecule has 1 aromatic heterocycles. The summed E-state index contributed by atoms with van der Waals surface area (Å²) in [5.41, 5.74) is 2.92. The van der Waals surface area contributed by atoms with Crippen LogP contribution in [0.3, 0.4) is 0 Å². The van der Waals surface area contributed by atoms with Crippen molar-refractivity contribution in [2.75, 3.05) is 21.1 Å². The third-order valence-corrected chi connectivity index (χ3v) is 5.28. The summed E-state index contributed by atoms with van der Waals surface area (Å²) in [6, 6.07) is 10.4. The van der Waals surface area contributed by atoms with Crippen LogP contribution in [0, 0.1) is 0 Å². The van der Waals surface area contributed by atoms with Gasteiger partial charge in [-0.1, -0.05) is 36.8 Å². The first-order valence-corrected chi connectivity index (χ1v) is 8.81. The van der Waals surface area contributed by atoms with Gasteiger partial charge in [-0.05, 0) is 37.0 Å². The van der Waals surface area contributed by atoms with Gasteiger partial charge in [0, 0.05) is 32.7 Å². The van der Waals surface area contributed by atoms with Crippen LogP contribution in [0.15, 0.2) is 41.6 Å². The maximum absolute atomic E-state index is 5.78. The lowest BCUT2D eigenvalue weighted by Crippen LogP contribution is -2.50. The van der Waals surface area contributed by atoms with Gasteiger partial charge in [-0.3, -0.25) is 4.98 Å². The Morgan fingerprint density at radius 1 is 1.29 bits per heavy atom. The van der Waals surface area contributed by atoms with Gasteiger partial charge in [0.25, 0.3) is 0 Å². The van der Waals surface area contributed by atoms with Crippen LogP contribution in [-0.4, -0.2) is 41.8 Å². The van der Waals surface area contributed by atoms with Crippen molar-refractivity contribution in [2.24, 2.45) is 5.10 Å². The number of fused-ring (bicyclic) bond motifs is 1. The third kappa shape index (κ3) is 2.88. The lowest BCUT2D eigenvalue weighted by Gasteiger charge is -2.39. The molecule has 0 spiro atoms. The van der Waals surface area contributed by atoms with E-state index in [0.717, 1.165) is 52.8 Å². The molecule has 1 heterocycles. The van der Waals surface area contributed by atoms with Crippen LogP contribution in [0.1, 0.15) is 31.2 Å². The van der Waals surface area contributed by atoms with Crippen LogP contribution in [-0.2, 0) is 5.41 Å². The second-order valence-corrected chi connectivity index (χ2v) is 6.91. The lowest BCUT2D eigenvalue weighted by atomic mass is 9.68. The highest BCUT2D eigenvalue weighted by Crippen LogP contribution is 2.39. The number of thiocarbonyl (C=S) groups is 1. The second-order valence-electron chi connectivity index (χ2n) is 6.50. The van der Waals surface area contributed by atoms with E-state index in [9.17, 15) is 0 Å². The van der Waals surface area contributed by atoms with Crippen LogP contribution in [0.5, 0.6) is 0 Å². The van der Waals surface area contributed by atoms with Gasteiger partial charge in [-0.2, -0.15) is 5.10 Å². The molecule has 1 aromatic carbocycles. The largest absolute Gasteiger partial charge is 0.382 e. The summed E-state index contributed by atoms with van der Waals surface area (Å²) in [7, 11) is 5.83. The van der Waals surface area contributed by atoms with Crippen molar-refractivity contribution in [3.8, 4) is 0 Å². The van der Waals surface area contributed by atoms with E-state index < -0.39 is 0 Å². The summed E-state index contributed by atoms with van der Waals surface area (Å²) < 4.78 is 0. The van der Waals surface area contributed by atoms with Crippen LogP contribution < -0.4 is 5.32 Å². The first kappa shape index (κ1) is 16.8. The summed E-state index contributed by atoms with van der Waals surface area (Å²) in [5, 5.41) is 11.1. The predicted octanol–water partition coefficient (Wildman–Crippen LogP) is 3.51. The van der Waals surface area contributed by atoms with Crippen molar-refractivity contribution < 1.29 is 0 Å². The minimum absolute atomic E-state index is 0.358. The molecular formula is C19H24N4S. The number of nitrogens with one attached hydrogen (secondary N) is 1. The van der Waals surface area contributed by atoms with Gasteiger partial charge in [-0.25, -0.2) is 0 Å². The van der Waals surface area contributed by atoms with E-state index in [-0.39, 0.29) is 5.41 Å². The molecule has 1 N–H and O–H groups in total. The van der Waals surface area contributed by atoms with Crippen LogP contribution in [0.25, 0.3) is 10.9 Å². The molecule has 126 valence electrons. The minimum Gasteiger partial charge on any atom is -0.382 e. The molecule has 2 aromatic rings. The number of likely N-dealkylation sites (N-methyl/N-ethyl adjacent to an activating group) is 1. The van der Waals surface area contributed by atoms with Crippen molar-refractivity contribution in [1.82, 2.24) is 15.3 Å². The molecule has 0 bridgehead atoms. The van der Waals surface area contributed by atoms with E-state index >= 15 is 0 Å². The summed E-state index contributed by atoms with van der Waals surface area (Å²) in [6.07, 6.45) is 6.21. The van der Waals surface area contributed by atoms with Crippen molar-refractivity contribution in [1.29, 1.82) is 0 Å². The maximum Gasteiger partial charge on any atom is 0.0916 e. The highest BCUT2D eigenvalue weighted by molar-refractivity contribution is 7.80. The fraction of sp³-hybridized carbons (Fsp3) is 0.421. The van der Waals surface area contributed by atoms with Gasteiger partial charge >= 0.3 is 0 Å². The van der Waals surface area contributed by atoms with Gasteiger partial charge < -0.3 is 10.3 Å². The lowest BCUT2D eigenvalue weighted by molar-refractivity contribution is 0.421. The number of pyridine rings is 1. The Bertz CT molecular complexity index is 784. The molecule has 0 aliphatic heterocycles. The molecule has 1 aliphatic carbocycles. The molecule has 3 rings (SSSR count). The summed E-state index contributed by atoms with van der Waals surface area (Å²) >= 11 is 5.78. The number of benzene rings is 1. The van der Waals surface area contributed by atoms with E-state index in [1.165, 1.54) is 0 Å². The zero-order chi connectivity index (χ0) is 17.2. The summed E-state index contributed by atoms with van der Waals surface area (Å²) in [5.74, 6) is 0. The normalized spacial score (nSPS) is 22.5. The monoisotopic (exact) mass is 340 g/mol. The van der Waals surface area contributed by atoms with Gasteiger partial charge in [0.15, 0.2) is 0 Å². The quantitative estimate of drug-likeness (QED) is 0.686. The number of nitrogens with zero attached hydrogens (tertiary/aromatic N) is 3. The van der Waals surface area contributed by atoms with Gasteiger partial charge in [0.05, 0.1) is 21.6 Å². The van der Waals surface area contributed by atoms with Crippen molar-refractivity contribution in [3.05, 3.63) is 42.1 Å². The molecule has 1 unspecified atom stereocenters. The average Bonchev–Trinajstić information content (AvgIpc) is 2.60. The Labute approximate surface area is 149 Å². The SMILES string of the molecule is CNC(=S)C1(c2cnc3ccccc3c2)CCCC/C1=N/N(C)C. The smallest absolute Gasteiger partial charge is 0.0916 e. The Balaban J connectivity index is 2.21. The Kier molecular flexibility index (Phi) is 4.81. The summed E-state index contributed by atoms with van der Waals surface area (Å²) in [6.45, 7) is 0. The number of para-hydroxylation sites is 1. The van der Waals surface area contributed by atoms with Gasteiger partial charge in [0.2, 0.25) is 0 Å². The number of hydrazone groups is 1. The standard InChI is InChI=1S/C19H24N4S/c1-20-18(24)19(11-7-6-10-17(19)22-23(2)3)15-12-14-8-4-5-9-16(14)21-13-15/h4-5,8-9,12-13H,6-7,10-11H2,1-3H3,(H,20,24)/b22-17-. The molecule has 1 atom stereocenters. The van der Waals surface area contributed by atoms with Gasteiger partial charge in [0.1, 0.15) is 0 Å². The maximum atomic E-state index is 5.78. The minimum atomic E-state index is -0.358. The molecule has 1 fully saturated rings. The topological polar surface area (TPSA) is 40.5 Å². The van der Waals surface area contributed by atoms with E-state index in [2.05, 4.69) is 22.4 Å². The zero-order valence-corrected chi connectivity index (χ0v) is 15.4. The first-order chi connectivity index (χ1) is 11.6. The van der Waals surface area contributed by atoms with Crippen LogP contribution in [0.2, 0.25) is 0 Å². The highest BCUT2D eigenvalue weighted by atomic mass is 32.1. The number of rotatable bonds is 3. The fourth-order valence-electron chi connectivity index (χ4n) is 3.62. The predicted molar refractivity (Wildman–Crippen MR) is 105 cm³/mol. The summed E-state index contributed by atoms with van der Waals surface area (Å²) in [4.78, 5) is 5.51. The molecule has 5 heteroatoms. The number of aromatic nitrogens is 1.